The average molecular weight is 478 g/mol. The van der Waals surface area contributed by atoms with E-state index in [1.165, 1.54) is 17.5 Å². The number of thiol groups is 1. The van der Waals surface area contributed by atoms with Crippen LogP contribution < -0.4 is 21.3 Å². The quantitative estimate of drug-likeness (QED) is 0.337. The van der Waals surface area contributed by atoms with E-state index < -0.39 is 34.1 Å². The van der Waals surface area contributed by atoms with E-state index >= 15 is 0 Å². The zero-order valence-electron chi connectivity index (χ0n) is 17.5. The number of benzene rings is 1. The standard InChI is InChI=1S/C20H23N5O5S2/c1-3-14-11-31-19(21-14)16(8-13-4-6-15(7-5-13)24-32(29)30)22-17(26)10-25-9-12(2)18(27)23-20(25)28/h4-7,9,11,16,32H,3,8,10H2,1-2H3,(H,22,26)(H,23,27,28)(H,24,29,30)/t16-/m0/s1. The zero-order chi connectivity index (χ0) is 23.3. The molecular weight excluding hydrogens is 454 g/mol. The van der Waals surface area contributed by atoms with E-state index in [1.807, 2.05) is 12.3 Å². The van der Waals surface area contributed by atoms with E-state index in [9.17, 15) is 22.8 Å². The van der Waals surface area contributed by atoms with Crippen molar-refractivity contribution in [2.24, 2.45) is 0 Å². The number of H-pyrrole nitrogens is 1. The van der Waals surface area contributed by atoms with Gasteiger partial charge in [0, 0.05) is 22.8 Å². The first-order chi connectivity index (χ1) is 15.2. The van der Waals surface area contributed by atoms with Crippen LogP contribution in [0, 0.1) is 6.92 Å². The summed E-state index contributed by atoms with van der Waals surface area (Å²) < 4.78 is 25.1. The van der Waals surface area contributed by atoms with Crippen LogP contribution >= 0.6 is 11.3 Å². The number of hydrogen-bond acceptors (Lipinski definition) is 7. The van der Waals surface area contributed by atoms with Crippen molar-refractivity contribution in [2.75, 3.05) is 4.72 Å². The highest BCUT2D eigenvalue weighted by atomic mass is 32.2. The maximum atomic E-state index is 12.7. The first kappa shape index (κ1) is 23.4. The molecule has 0 aliphatic heterocycles. The minimum atomic E-state index is -2.75. The van der Waals surface area contributed by atoms with Gasteiger partial charge in [0.25, 0.3) is 5.56 Å². The predicted molar refractivity (Wildman–Crippen MR) is 123 cm³/mol. The molecule has 0 aliphatic rings. The van der Waals surface area contributed by atoms with Gasteiger partial charge in [0.1, 0.15) is 11.6 Å². The van der Waals surface area contributed by atoms with E-state index in [0.717, 1.165) is 27.3 Å². The molecule has 0 fully saturated rings. The number of aromatic amines is 1. The van der Waals surface area contributed by atoms with Crippen LogP contribution in [0.15, 0.2) is 45.4 Å². The summed E-state index contributed by atoms with van der Waals surface area (Å²) in [5.74, 6) is -0.404. The minimum Gasteiger partial charge on any atom is -0.345 e. The summed E-state index contributed by atoms with van der Waals surface area (Å²) in [6.07, 6.45) is 2.53. The molecule has 1 aromatic carbocycles. The van der Waals surface area contributed by atoms with Gasteiger partial charge >= 0.3 is 5.69 Å². The minimum absolute atomic E-state index is 0.252. The second-order valence-electron chi connectivity index (χ2n) is 7.12. The Morgan fingerprint density at radius 1 is 1.25 bits per heavy atom. The Balaban J connectivity index is 1.80. The van der Waals surface area contributed by atoms with E-state index in [4.69, 9.17) is 0 Å². The van der Waals surface area contributed by atoms with Crippen LogP contribution in [0.4, 0.5) is 5.69 Å². The van der Waals surface area contributed by atoms with Gasteiger partial charge in [-0.05, 0) is 37.5 Å². The van der Waals surface area contributed by atoms with E-state index in [-0.39, 0.29) is 6.54 Å². The Hall–Kier alpha value is -3.25. The van der Waals surface area contributed by atoms with Crippen molar-refractivity contribution >= 4 is 33.8 Å². The van der Waals surface area contributed by atoms with Crippen molar-refractivity contribution in [3.8, 4) is 0 Å². The molecule has 0 bridgehead atoms. The first-order valence-corrected chi connectivity index (χ1v) is 11.8. The van der Waals surface area contributed by atoms with Gasteiger partial charge in [0.2, 0.25) is 16.8 Å². The Morgan fingerprint density at radius 3 is 2.59 bits per heavy atom. The largest absolute Gasteiger partial charge is 0.345 e. The summed E-state index contributed by atoms with van der Waals surface area (Å²) in [6, 6.07) is 6.37. The summed E-state index contributed by atoms with van der Waals surface area (Å²) in [6.45, 7) is 3.29. The SMILES string of the molecule is CCc1csc([C@H](Cc2ccc(N[SH](=O)=O)cc2)NC(=O)Cn2cc(C)c(=O)[nH]c2=O)n1. The van der Waals surface area contributed by atoms with Crippen LogP contribution in [0.25, 0.3) is 0 Å². The number of hydrogen-bond donors (Lipinski definition) is 4. The van der Waals surface area contributed by atoms with E-state index in [1.54, 1.807) is 31.2 Å². The fourth-order valence-corrected chi connectivity index (χ4v) is 4.34. The Kier molecular flexibility index (Phi) is 7.59. The number of carbonyl (C=O) groups excluding carboxylic acids is 1. The van der Waals surface area contributed by atoms with Crippen LogP contribution in [0.1, 0.15) is 34.8 Å². The molecule has 2 heterocycles. The third kappa shape index (κ3) is 6.14. The highest BCUT2D eigenvalue weighted by Crippen LogP contribution is 2.23. The summed E-state index contributed by atoms with van der Waals surface area (Å²) >= 11 is 1.43. The predicted octanol–water partition coefficient (Wildman–Crippen LogP) is 0.902. The molecule has 0 unspecified atom stereocenters. The van der Waals surface area contributed by atoms with Crippen molar-refractivity contribution in [3.05, 3.63) is 78.5 Å². The molecule has 3 rings (SSSR count). The second kappa shape index (κ2) is 10.4. The van der Waals surface area contributed by atoms with Crippen molar-refractivity contribution in [1.29, 1.82) is 0 Å². The zero-order valence-corrected chi connectivity index (χ0v) is 19.2. The van der Waals surface area contributed by atoms with Crippen LogP contribution in [0.5, 0.6) is 0 Å². The number of rotatable bonds is 9. The van der Waals surface area contributed by atoms with Crippen LogP contribution in [-0.2, 0) is 35.1 Å². The summed E-state index contributed by atoms with van der Waals surface area (Å²) in [7, 11) is -2.75. The molecule has 12 heteroatoms. The number of anilines is 1. The Morgan fingerprint density at radius 2 is 1.97 bits per heavy atom. The first-order valence-electron chi connectivity index (χ1n) is 9.79. The number of aryl methyl sites for hydroxylation is 2. The summed E-state index contributed by atoms with van der Waals surface area (Å²) in [4.78, 5) is 43.0. The number of carbonyl (C=O) groups is 1. The molecule has 0 saturated carbocycles. The monoisotopic (exact) mass is 477 g/mol. The fraction of sp³-hybridized carbons (Fsp3) is 0.300. The van der Waals surface area contributed by atoms with E-state index in [2.05, 4.69) is 20.0 Å². The van der Waals surface area contributed by atoms with Gasteiger partial charge in [0.15, 0.2) is 0 Å². The lowest BCUT2D eigenvalue weighted by atomic mass is 10.1. The molecule has 2 aromatic heterocycles. The Labute approximate surface area is 189 Å². The highest BCUT2D eigenvalue weighted by molar-refractivity contribution is 7.73. The molecule has 0 spiro atoms. The molecule has 10 nitrogen and oxygen atoms in total. The number of amides is 1. The van der Waals surface area contributed by atoms with Crippen LogP contribution in [0.3, 0.4) is 0 Å². The van der Waals surface area contributed by atoms with Gasteiger partial charge in [-0.25, -0.2) is 18.2 Å². The number of thiazole rings is 1. The summed E-state index contributed by atoms with van der Waals surface area (Å²) in [5.41, 5.74) is 1.41. The third-order valence-electron chi connectivity index (χ3n) is 4.68. The third-order valence-corrected chi connectivity index (χ3v) is 6.13. The molecular formula is C20H23N5O5S2. The van der Waals surface area contributed by atoms with Crippen molar-refractivity contribution in [3.63, 3.8) is 0 Å². The van der Waals surface area contributed by atoms with Crippen molar-refractivity contribution in [2.45, 2.75) is 39.3 Å². The summed E-state index contributed by atoms with van der Waals surface area (Å²) in [5, 5.41) is 5.58. The number of aromatic nitrogens is 3. The van der Waals surface area contributed by atoms with Gasteiger partial charge in [-0.15, -0.1) is 11.3 Å². The molecule has 3 N–H and O–H groups in total. The normalized spacial score (nSPS) is 12.0. The maximum absolute atomic E-state index is 12.7. The number of nitrogens with zero attached hydrogens (tertiary/aromatic N) is 2. The van der Waals surface area contributed by atoms with Crippen LogP contribution in [-0.4, -0.2) is 28.9 Å². The average Bonchev–Trinajstić information content (AvgIpc) is 3.22. The maximum Gasteiger partial charge on any atom is 0.328 e. The van der Waals surface area contributed by atoms with Gasteiger partial charge in [-0.3, -0.25) is 23.9 Å². The molecule has 0 radical (unpaired) electrons. The Bertz CT molecular complexity index is 1280. The topological polar surface area (TPSA) is 143 Å². The van der Waals surface area contributed by atoms with Gasteiger partial charge in [-0.1, -0.05) is 19.1 Å². The lowest BCUT2D eigenvalue weighted by Gasteiger charge is -2.17. The van der Waals surface area contributed by atoms with Gasteiger partial charge in [0.05, 0.1) is 11.7 Å². The molecule has 1 amide bonds. The van der Waals surface area contributed by atoms with Crippen LogP contribution in [0.2, 0.25) is 0 Å². The van der Waals surface area contributed by atoms with E-state index in [0.29, 0.717) is 17.7 Å². The molecule has 0 aliphatic carbocycles. The molecule has 0 saturated heterocycles. The smallest absolute Gasteiger partial charge is 0.328 e. The molecule has 32 heavy (non-hydrogen) atoms. The number of nitrogens with one attached hydrogen (secondary N) is 3. The van der Waals surface area contributed by atoms with Crippen molar-refractivity contribution in [1.82, 2.24) is 19.9 Å². The molecule has 170 valence electrons. The molecule has 1 atom stereocenters. The molecule has 3 aromatic rings. The fourth-order valence-electron chi connectivity index (χ4n) is 3.03. The van der Waals surface area contributed by atoms with Gasteiger partial charge < -0.3 is 5.32 Å². The van der Waals surface area contributed by atoms with Gasteiger partial charge in [-0.2, -0.15) is 0 Å². The lowest BCUT2D eigenvalue weighted by molar-refractivity contribution is -0.122. The highest BCUT2D eigenvalue weighted by Gasteiger charge is 2.19. The van der Waals surface area contributed by atoms with Crippen molar-refractivity contribution < 1.29 is 13.2 Å². The second-order valence-corrected chi connectivity index (χ2v) is 8.75. The lowest BCUT2D eigenvalue weighted by Crippen LogP contribution is -2.38.